The minimum absolute atomic E-state index is 0.0993. The van der Waals surface area contributed by atoms with E-state index in [4.69, 9.17) is 5.14 Å². The zero-order chi connectivity index (χ0) is 22.9. The Morgan fingerprint density at radius 3 is 2.23 bits per heavy atom. The molecule has 4 N–H and O–H groups in total. The summed E-state index contributed by atoms with van der Waals surface area (Å²) in [6.07, 6.45) is -4.73. The number of carbonyl (C=O) groups excluding carboxylic acids is 1. The zero-order valence-corrected chi connectivity index (χ0v) is 17.4. The van der Waals surface area contributed by atoms with Crippen molar-refractivity contribution in [3.63, 3.8) is 0 Å². The Labute approximate surface area is 171 Å². The first-order chi connectivity index (χ1) is 13.6. The summed E-state index contributed by atoms with van der Waals surface area (Å²) in [7, 11) is -8.45. The minimum atomic E-state index is -4.73. The van der Waals surface area contributed by atoms with Crippen LogP contribution in [0.2, 0.25) is 0 Å². The van der Waals surface area contributed by atoms with Gasteiger partial charge in [0, 0.05) is 5.69 Å². The number of aryl methyl sites for hydroxylation is 1. The summed E-state index contributed by atoms with van der Waals surface area (Å²) in [5.41, 5.74) is -0.0131. The molecule has 1 amide bonds. The highest BCUT2D eigenvalue weighted by Crippen LogP contribution is 2.30. The molecular weight excluding hydrogens is 447 g/mol. The molecular formula is C17H18F3N3O5S2. The summed E-state index contributed by atoms with van der Waals surface area (Å²) in [5, 5.41) is 7.44. The molecule has 0 aliphatic rings. The summed E-state index contributed by atoms with van der Waals surface area (Å²) < 4.78 is 87.7. The molecule has 0 unspecified atom stereocenters. The maximum atomic E-state index is 12.8. The lowest BCUT2D eigenvalue weighted by atomic mass is 10.1. The summed E-state index contributed by atoms with van der Waals surface area (Å²) in [4.78, 5) is 11.2. The van der Waals surface area contributed by atoms with Gasteiger partial charge in [0.15, 0.2) is 0 Å². The number of nitrogens with one attached hydrogen (secondary N) is 2. The standard InChI is InChI=1S/C17H18F3N3O5S2/c1-10-6-14(29(21,25)26)8-15(11(10)2)23-16(24)9-22-30(27,28)13-5-3-4-12(7-13)17(18,19)20/h3-8,22H,9H2,1-2H3,(H,23,24)(H2,21,25,26). The van der Waals surface area contributed by atoms with Gasteiger partial charge >= 0.3 is 6.18 Å². The van der Waals surface area contributed by atoms with Crippen LogP contribution in [0.4, 0.5) is 18.9 Å². The molecule has 0 heterocycles. The normalized spacial score (nSPS) is 12.6. The van der Waals surface area contributed by atoms with Gasteiger partial charge in [-0.3, -0.25) is 4.79 Å². The fraction of sp³-hybridized carbons (Fsp3) is 0.235. The van der Waals surface area contributed by atoms with Crippen LogP contribution in [0.25, 0.3) is 0 Å². The van der Waals surface area contributed by atoms with Crippen molar-refractivity contribution in [2.75, 3.05) is 11.9 Å². The maximum Gasteiger partial charge on any atom is 0.416 e. The number of rotatable bonds is 6. The molecule has 8 nitrogen and oxygen atoms in total. The molecule has 2 aromatic carbocycles. The Morgan fingerprint density at radius 2 is 1.67 bits per heavy atom. The zero-order valence-electron chi connectivity index (χ0n) is 15.7. The van der Waals surface area contributed by atoms with Gasteiger partial charge in [0.1, 0.15) is 0 Å². The highest BCUT2D eigenvalue weighted by molar-refractivity contribution is 7.89. The molecule has 0 aromatic heterocycles. The smallest absolute Gasteiger partial charge is 0.325 e. The molecule has 164 valence electrons. The average molecular weight is 465 g/mol. The highest BCUT2D eigenvalue weighted by atomic mass is 32.2. The fourth-order valence-electron chi connectivity index (χ4n) is 2.40. The van der Waals surface area contributed by atoms with E-state index >= 15 is 0 Å². The highest BCUT2D eigenvalue weighted by Gasteiger charge is 2.31. The van der Waals surface area contributed by atoms with Gasteiger partial charge in [-0.2, -0.15) is 13.2 Å². The number of alkyl halides is 3. The second-order valence-electron chi connectivity index (χ2n) is 6.36. The Hall–Kier alpha value is -2.48. The van der Waals surface area contributed by atoms with E-state index in [9.17, 15) is 34.8 Å². The quantitative estimate of drug-likeness (QED) is 0.599. The van der Waals surface area contributed by atoms with Gasteiger partial charge in [0.05, 0.1) is 21.9 Å². The van der Waals surface area contributed by atoms with Gasteiger partial charge in [-0.25, -0.2) is 26.7 Å². The summed E-state index contributed by atoms with van der Waals surface area (Å²) in [5.74, 6) is -0.861. The molecule has 0 saturated carbocycles. The largest absolute Gasteiger partial charge is 0.416 e. The van der Waals surface area contributed by atoms with Gasteiger partial charge in [0.2, 0.25) is 26.0 Å². The third kappa shape index (κ3) is 5.78. The number of sulfonamides is 2. The summed E-state index contributed by atoms with van der Waals surface area (Å²) in [6, 6.07) is 5.49. The molecule has 30 heavy (non-hydrogen) atoms. The van der Waals surface area contributed by atoms with Crippen LogP contribution >= 0.6 is 0 Å². The van der Waals surface area contributed by atoms with E-state index in [1.165, 1.54) is 6.07 Å². The molecule has 2 aromatic rings. The number of nitrogens with two attached hydrogens (primary N) is 1. The van der Waals surface area contributed by atoms with Crippen molar-refractivity contribution >= 4 is 31.6 Å². The Kier molecular flexibility index (Phi) is 6.61. The van der Waals surface area contributed by atoms with Crippen LogP contribution in [-0.4, -0.2) is 29.3 Å². The number of hydrogen-bond donors (Lipinski definition) is 3. The lowest BCUT2D eigenvalue weighted by Gasteiger charge is -2.13. The lowest BCUT2D eigenvalue weighted by Crippen LogP contribution is -2.33. The predicted octanol–water partition coefficient (Wildman–Crippen LogP) is 1.89. The van der Waals surface area contributed by atoms with Crippen molar-refractivity contribution in [3.8, 4) is 0 Å². The molecule has 0 radical (unpaired) electrons. The van der Waals surface area contributed by atoms with Crippen molar-refractivity contribution in [1.29, 1.82) is 0 Å². The van der Waals surface area contributed by atoms with E-state index in [0.717, 1.165) is 24.3 Å². The molecule has 0 aliphatic carbocycles. The van der Waals surface area contributed by atoms with Gasteiger partial charge in [-0.05, 0) is 55.3 Å². The first kappa shape index (κ1) is 23.8. The minimum Gasteiger partial charge on any atom is -0.325 e. The second kappa shape index (κ2) is 8.34. The number of hydrogen-bond acceptors (Lipinski definition) is 5. The fourth-order valence-corrected chi connectivity index (χ4v) is 4.05. The number of amides is 1. The predicted molar refractivity (Wildman–Crippen MR) is 103 cm³/mol. The Bertz CT molecular complexity index is 1190. The van der Waals surface area contributed by atoms with Crippen molar-refractivity contribution in [3.05, 3.63) is 53.1 Å². The van der Waals surface area contributed by atoms with Gasteiger partial charge in [0.25, 0.3) is 0 Å². The monoisotopic (exact) mass is 465 g/mol. The van der Waals surface area contributed by atoms with E-state index in [1.807, 2.05) is 4.72 Å². The number of benzene rings is 2. The van der Waals surface area contributed by atoms with Crippen molar-refractivity contribution < 1.29 is 34.8 Å². The third-order valence-corrected chi connectivity index (χ3v) is 6.43. The molecule has 2 rings (SSSR count). The van der Waals surface area contributed by atoms with Gasteiger partial charge in [-0.1, -0.05) is 6.07 Å². The van der Waals surface area contributed by atoms with Crippen molar-refractivity contribution in [2.24, 2.45) is 5.14 Å². The van der Waals surface area contributed by atoms with Crippen LogP contribution in [0.5, 0.6) is 0 Å². The van der Waals surface area contributed by atoms with Crippen LogP contribution in [-0.2, 0) is 31.0 Å². The SMILES string of the molecule is Cc1cc(S(N)(=O)=O)cc(NC(=O)CNS(=O)(=O)c2cccc(C(F)(F)F)c2)c1C. The van der Waals surface area contributed by atoms with Gasteiger partial charge < -0.3 is 5.32 Å². The van der Waals surface area contributed by atoms with E-state index in [-0.39, 0.29) is 10.6 Å². The van der Waals surface area contributed by atoms with Crippen molar-refractivity contribution in [2.45, 2.75) is 29.8 Å². The lowest BCUT2D eigenvalue weighted by molar-refractivity contribution is -0.137. The number of halogens is 3. The van der Waals surface area contributed by atoms with E-state index in [1.54, 1.807) is 13.8 Å². The van der Waals surface area contributed by atoms with E-state index in [2.05, 4.69) is 5.32 Å². The van der Waals surface area contributed by atoms with Gasteiger partial charge in [-0.15, -0.1) is 0 Å². The van der Waals surface area contributed by atoms with E-state index < -0.39 is 49.1 Å². The first-order valence-electron chi connectivity index (χ1n) is 8.22. The van der Waals surface area contributed by atoms with Crippen LogP contribution in [0.15, 0.2) is 46.2 Å². The van der Waals surface area contributed by atoms with Crippen LogP contribution in [0, 0.1) is 13.8 Å². The Balaban J connectivity index is 2.18. The number of carbonyl (C=O) groups is 1. The summed E-state index contributed by atoms with van der Waals surface area (Å²) >= 11 is 0. The number of primary sulfonamides is 1. The van der Waals surface area contributed by atoms with E-state index in [0.29, 0.717) is 17.2 Å². The van der Waals surface area contributed by atoms with Crippen LogP contribution < -0.4 is 15.2 Å². The molecule has 13 heteroatoms. The molecule has 0 atom stereocenters. The van der Waals surface area contributed by atoms with Crippen LogP contribution in [0.1, 0.15) is 16.7 Å². The topological polar surface area (TPSA) is 135 Å². The average Bonchev–Trinajstić information content (AvgIpc) is 2.62. The molecule has 0 aliphatic heterocycles. The van der Waals surface area contributed by atoms with Crippen molar-refractivity contribution in [1.82, 2.24) is 4.72 Å². The third-order valence-electron chi connectivity index (χ3n) is 4.14. The Morgan fingerprint density at radius 1 is 1.03 bits per heavy atom. The number of anilines is 1. The second-order valence-corrected chi connectivity index (χ2v) is 9.68. The molecule has 0 fully saturated rings. The first-order valence-corrected chi connectivity index (χ1v) is 11.2. The molecule has 0 saturated heterocycles. The molecule has 0 bridgehead atoms. The van der Waals surface area contributed by atoms with Crippen LogP contribution in [0.3, 0.4) is 0 Å². The maximum absolute atomic E-state index is 12.8. The molecule has 0 spiro atoms. The summed E-state index contributed by atoms with van der Waals surface area (Å²) in [6.45, 7) is 2.40.